The predicted molar refractivity (Wildman–Crippen MR) is 74.4 cm³/mol. The van der Waals surface area contributed by atoms with Gasteiger partial charge in [-0.25, -0.2) is 4.98 Å². The van der Waals surface area contributed by atoms with Crippen LogP contribution in [0.3, 0.4) is 0 Å². The predicted octanol–water partition coefficient (Wildman–Crippen LogP) is 2.05. The molecule has 0 saturated carbocycles. The zero-order valence-corrected chi connectivity index (χ0v) is 11.6. The van der Waals surface area contributed by atoms with E-state index in [4.69, 9.17) is 11.6 Å². The minimum atomic E-state index is 0.0781. The molecule has 0 aromatic carbocycles. The van der Waals surface area contributed by atoms with E-state index in [2.05, 4.69) is 9.88 Å². The lowest BCUT2D eigenvalue weighted by molar-refractivity contribution is 0.0372. The molecule has 5 heteroatoms. The van der Waals surface area contributed by atoms with Gasteiger partial charge in [-0.1, -0.05) is 18.0 Å². The molecule has 3 heterocycles. The molecule has 2 saturated heterocycles. The third kappa shape index (κ3) is 2.74. The largest absolute Gasteiger partial charge is 0.336 e. The molecular weight excluding hydrogens is 262 g/mol. The first kappa shape index (κ1) is 12.9. The summed E-state index contributed by atoms with van der Waals surface area (Å²) in [5.74, 6) is 0.0781. The molecule has 0 radical (unpaired) electrons. The smallest absolute Gasteiger partial charge is 0.255 e. The van der Waals surface area contributed by atoms with Crippen LogP contribution in [0.4, 0.5) is 0 Å². The topological polar surface area (TPSA) is 36.4 Å². The number of carbonyl (C=O) groups excluding carboxylic acids is 1. The minimum absolute atomic E-state index is 0.0781. The molecule has 3 rings (SSSR count). The summed E-state index contributed by atoms with van der Waals surface area (Å²) in [6, 6.07) is 3.98. The first-order valence-electron chi connectivity index (χ1n) is 6.89. The van der Waals surface area contributed by atoms with Crippen LogP contribution < -0.4 is 0 Å². The van der Waals surface area contributed by atoms with Crippen LogP contribution >= 0.6 is 11.6 Å². The van der Waals surface area contributed by atoms with Crippen LogP contribution in [0.5, 0.6) is 0 Å². The lowest BCUT2D eigenvalue weighted by Gasteiger charge is -2.44. The maximum atomic E-state index is 12.4. The standard InChI is InChI=1S/C14H18ClN3O/c15-13-5-4-11(9-16-13)14(19)18-8-7-17-6-2-1-3-12(17)10-18/h4-5,9,12H,1-3,6-8,10H2. The van der Waals surface area contributed by atoms with Crippen molar-refractivity contribution in [2.24, 2.45) is 0 Å². The van der Waals surface area contributed by atoms with Gasteiger partial charge in [0.05, 0.1) is 5.56 Å². The van der Waals surface area contributed by atoms with Gasteiger partial charge in [0.25, 0.3) is 5.91 Å². The van der Waals surface area contributed by atoms with Gasteiger partial charge < -0.3 is 4.90 Å². The van der Waals surface area contributed by atoms with Gasteiger partial charge >= 0.3 is 0 Å². The van der Waals surface area contributed by atoms with Gasteiger partial charge in [-0.3, -0.25) is 9.69 Å². The molecule has 2 fully saturated rings. The van der Waals surface area contributed by atoms with Crippen LogP contribution in [-0.2, 0) is 0 Å². The van der Waals surface area contributed by atoms with Gasteiger partial charge in [-0.05, 0) is 31.5 Å². The van der Waals surface area contributed by atoms with E-state index in [1.165, 1.54) is 25.8 Å². The fraction of sp³-hybridized carbons (Fsp3) is 0.571. The number of rotatable bonds is 1. The third-order valence-corrected chi connectivity index (χ3v) is 4.32. The Morgan fingerprint density at radius 3 is 2.95 bits per heavy atom. The van der Waals surface area contributed by atoms with Crippen molar-refractivity contribution in [3.05, 3.63) is 29.0 Å². The number of carbonyl (C=O) groups is 1. The maximum Gasteiger partial charge on any atom is 0.255 e. The van der Waals surface area contributed by atoms with E-state index in [0.29, 0.717) is 16.8 Å². The molecule has 0 spiro atoms. The van der Waals surface area contributed by atoms with Gasteiger partial charge in [0.1, 0.15) is 5.15 Å². The van der Waals surface area contributed by atoms with Crippen LogP contribution in [-0.4, -0.2) is 52.9 Å². The molecular formula is C14H18ClN3O. The van der Waals surface area contributed by atoms with Gasteiger partial charge in [0.15, 0.2) is 0 Å². The molecule has 0 aliphatic carbocycles. The van der Waals surface area contributed by atoms with E-state index in [9.17, 15) is 4.79 Å². The van der Waals surface area contributed by atoms with Crippen LogP contribution in [0.25, 0.3) is 0 Å². The van der Waals surface area contributed by atoms with Crippen LogP contribution in [0.1, 0.15) is 29.6 Å². The molecule has 0 bridgehead atoms. The van der Waals surface area contributed by atoms with Gasteiger partial charge in [0, 0.05) is 31.9 Å². The fourth-order valence-electron chi connectivity index (χ4n) is 3.03. The number of aromatic nitrogens is 1. The Labute approximate surface area is 118 Å². The summed E-state index contributed by atoms with van der Waals surface area (Å²) in [4.78, 5) is 20.9. The Balaban J connectivity index is 1.69. The summed E-state index contributed by atoms with van der Waals surface area (Å²) in [6.07, 6.45) is 5.36. The lowest BCUT2D eigenvalue weighted by Crippen LogP contribution is -2.56. The highest BCUT2D eigenvalue weighted by Gasteiger charge is 2.31. The van der Waals surface area contributed by atoms with Crippen LogP contribution in [0, 0.1) is 0 Å². The number of amides is 1. The Bertz CT molecular complexity index is 462. The Morgan fingerprint density at radius 1 is 1.26 bits per heavy atom. The zero-order chi connectivity index (χ0) is 13.2. The second-order valence-corrected chi connectivity index (χ2v) is 5.69. The summed E-state index contributed by atoms with van der Waals surface area (Å²) in [7, 11) is 0. The molecule has 1 aromatic rings. The number of hydrogen-bond acceptors (Lipinski definition) is 3. The van der Waals surface area contributed by atoms with Crippen molar-refractivity contribution in [2.45, 2.75) is 25.3 Å². The number of nitrogens with zero attached hydrogens (tertiary/aromatic N) is 3. The minimum Gasteiger partial charge on any atom is -0.336 e. The first-order valence-corrected chi connectivity index (χ1v) is 7.27. The summed E-state index contributed by atoms with van der Waals surface area (Å²) in [5, 5.41) is 0.425. The summed E-state index contributed by atoms with van der Waals surface area (Å²) < 4.78 is 0. The SMILES string of the molecule is O=C(c1ccc(Cl)nc1)N1CCN2CCCCC2C1. The molecule has 2 aliphatic rings. The van der Waals surface area contributed by atoms with Gasteiger partial charge in [-0.15, -0.1) is 0 Å². The number of fused-ring (bicyclic) bond motifs is 1. The average molecular weight is 280 g/mol. The Kier molecular flexibility index (Phi) is 3.71. The second-order valence-electron chi connectivity index (χ2n) is 5.31. The first-order chi connectivity index (χ1) is 9.24. The zero-order valence-electron chi connectivity index (χ0n) is 10.9. The van der Waals surface area contributed by atoms with E-state index in [0.717, 1.165) is 19.6 Å². The summed E-state index contributed by atoms with van der Waals surface area (Å²) in [5.41, 5.74) is 0.633. The van der Waals surface area contributed by atoms with E-state index in [-0.39, 0.29) is 5.91 Å². The van der Waals surface area contributed by atoms with Crippen molar-refractivity contribution in [1.82, 2.24) is 14.8 Å². The lowest BCUT2D eigenvalue weighted by atomic mass is 9.99. The molecule has 1 atom stereocenters. The normalized spacial score (nSPS) is 24.1. The number of hydrogen-bond donors (Lipinski definition) is 0. The highest BCUT2D eigenvalue weighted by atomic mass is 35.5. The molecule has 0 N–H and O–H groups in total. The highest BCUT2D eigenvalue weighted by molar-refractivity contribution is 6.29. The quantitative estimate of drug-likeness (QED) is 0.738. The molecule has 2 aliphatic heterocycles. The number of piperidine rings is 1. The van der Waals surface area contributed by atoms with E-state index in [1.54, 1.807) is 18.3 Å². The summed E-state index contributed by atoms with van der Waals surface area (Å²) in [6.45, 7) is 3.85. The van der Waals surface area contributed by atoms with E-state index < -0.39 is 0 Å². The average Bonchev–Trinajstić information content (AvgIpc) is 2.47. The molecule has 102 valence electrons. The molecule has 1 aromatic heterocycles. The van der Waals surface area contributed by atoms with E-state index >= 15 is 0 Å². The maximum absolute atomic E-state index is 12.4. The van der Waals surface area contributed by atoms with Crippen molar-refractivity contribution in [3.8, 4) is 0 Å². The van der Waals surface area contributed by atoms with Crippen molar-refractivity contribution in [1.29, 1.82) is 0 Å². The van der Waals surface area contributed by atoms with Crippen molar-refractivity contribution in [3.63, 3.8) is 0 Å². The van der Waals surface area contributed by atoms with E-state index in [1.807, 2.05) is 4.90 Å². The second kappa shape index (κ2) is 5.47. The Morgan fingerprint density at radius 2 is 2.16 bits per heavy atom. The van der Waals surface area contributed by atoms with Crippen LogP contribution in [0.2, 0.25) is 5.15 Å². The van der Waals surface area contributed by atoms with Gasteiger partial charge in [0.2, 0.25) is 0 Å². The molecule has 4 nitrogen and oxygen atoms in total. The van der Waals surface area contributed by atoms with Gasteiger partial charge in [-0.2, -0.15) is 0 Å². The van der Waals surface area contributed by atoms with Crippen molar-refractivity contribution < 1.29 is 4.79 Å². The molecule has 1 unspecified atom stereocenters. The highest BCUT2D eigenvalue weighted by Crippen LogP contribution is 2.22. The molecule has 1 amide bonds. The monoisotopic (exact) mass is 279 g/mol. The van der Waals surface area contributed by atoms with Crippen LogP contribution in [0.15, 0.2) is 18.3 Å². The molecule has 19 heavy (non-hydrogen) atoms. The third-order valence-electron chi connectivity index (χ3n) is 4.10. The van der Waals surface area contributed by atoms with Crippen molar-refractivity contribution >= 4 is 17.5 Å². The summed E-state index contributed by atoms with van der Waals surface area (Å²) >= 11 is 5.75. The number of piperazine rings is 1. The number of pyridine rings is 1. The number of halogens is 1. The Hall–Kier alpha value is -1.13. The van der Waals surface area contributed by atoms with Crippen molar-refractivity contribution in [2.75, 3.05) is 26.2 Å². The fourth-order valence-corrected chi connectivity index (χ4v) is 3.14.